The summed E-state index contributed by atoms with van der Waals surface area (Å²) in [5.41, 5.74) is 7.92. The van der Waals surface area contributed by atoms with Gasteiger partial charge in [0, 0.05) is 0 Å². The number of nitrogens with zero attached hydrogens (tertiary/aromatic N) is 1. The van der Waals surface area contributed by atoms with Crippen molar-refractivity contribution in [2.75, 3.05) is 11.4 Å². The molecule has 2 heterocycles. The lowest BCUT2D eigenvalue weighted by atomic mass is 10.1. The zero-order valence-electron chi connectivity index (χ0n) is 12.5. The van der Waals surface area contributed by atoms with E-state index in [1.807, 2.05) is 32.0 Å². The zero-order chi connectivity index (χ0) is 15.0. The fourth-order valence-electron chi connectivity index (χ4n) is 2.50. The molecule has 0 aliphatic carbocycles. The van der Waals surface area contributed by atoms with Crippen molar-refractivity contribution in [3.05, 3.63) is 47.4 Å². The van der Waals surface area contributed by atoms with Crippen LogP contribution in [0.25, 0.3) is 0 Å². The van der Waals surface area contributed by atoms with Crippen LogP contribution in [0, 0.1) is 6.92 Å². The largest absolute Gasteiger partial charge is 0.487 e. The quantitative estimate of drug-likeness (QED) is 0.923. The van der Waals surface area contributed by atoms with Gasteiger partial charge in [0.25, 0.3) is 5.91 Å². The van der Waals surface area contributed by atoms with Crippen LogP contribution in [0.4, 0.5) is 5.69 Å². The van der Waals surface area contributed by atoms with E-state index < -0.39 is 0 Å². The molecule has 3 rings (SSSR count). The van der Waals surface area contributed by atoms with Crippen LogP contribution in [0.1, 0.15) is 28.6 Å². The highest BCUT2D eigenvalue weighted by molar-refractivity contribution is 6.07. The van der Waals surface area contributed by atoms with Gasteiger partial charge in [0.15, 0.2) is 0 Å². The number of nitrogens with two attached hydrogens (primary N) is 1. The third kappa shape index (κ3) is 2.96. The van der Waals surface area contributed by atoms with E-state index in [2.05, 4.69) is 0 Å². The lowest BCUT2D eigenvalue weighted by Gasteiger charge is -2.33. The molecule has 2 aromatic rings. The van der Waals surface area contributed by atoms with Crippen LogP contribution in [0.3, 0.4) is 0 Å². The summed E-state index contributed by atoms with van der Waals surface area (Å²) in [4.78, 5) is 14.4. The Kier molecular flexibility index (Phi) is 4.78. The van der Waals surface area contributed by atoms with Crippen molar-refractivity contribution in [3.8, 4) is 5.75 Å². The minimum Gasteiger partial charge on any atom is -0.487 e. The first-order chi connectivity index (χ1) is 10.1. The van der Waals surface area contributed by atoms with Gasteiger partial charge in [0.1, 0.15) is 23.9 Å². The maximum Gasteiger partial charge on any atom is 0.261 e. The summed E-state index contributed by atoms with van der Waals surface area (Å²) >= 11 is 0. The highest BCUT2D eigenvalue weighted by atomic mass is 35.5. The van der Waals surface area contributed by atoms with Gasteiger partial charge in [-0.3, -0.25) is 4.79 Å². The van der Waals surface area contributed by atoms with Gasteiger partial charge < -0.3 is 19.8 Å². The van der Waals surface area contributed by atoms with Gasteiger partial charge >= 0.3 is 0 Å². The van der Waals surface area contributed by atoms with Crippen molar-refractivity contribution < 1.29 is 13.9 Å². The number of carbonyl (C=O) groups is 1. The van der Waals surface area contributed by atoms with Crippen LogP contribution in [-0.2, 0) is 6.54 Å². The third-order valence-electron chi connectivity index (χ3n) is 3.52. The predicted molar refractivity (Wildman–Crippen MR) is 86.8 cm³/mol. The average Bonchev–Trinajstić information content (AvgIpc) is 2.94. The SMILES string of the molecule is Cc1ccc2c(c1)OC(C)CN2C(=O)c1coc(CN)c1.Cl. The Bertz CT molecular complexity index is 684. The first-order valence-electron chi connectivity index (χ1n) is 6.95. The maximum absolute atomic E-state index is 12.7. The molecule has 1 aromatic heterocycles. The van der Waals surface area contributed by atoms with Crippen molar-refractivity contribution in [2.45, 2.75) is 26.5 Å². The van der Waals surface area contributed by atoms with E-state index in [1.54, 1.807) is 11.0 Å². The Balaban J connectivity index is 0.00000176. The summed E-state index contributed by atoms with van der Waals surface area (Å²) < 4.78 is 11.1. The molecule has 5 nitrogen and oxygen atoms in total. The van der Waals surface area contributed by atoms with E-state index in [1.165, 1.54) is 6.26 Å². The molecule has 0 spiro atoms. The molecule has 1 aliphatic rings. The molecule has 6 heteroatoms. The molecule has 0 bridgehead atoms. The van der Waals surface area contributed by atoms with Gasteiger partial charge in [0.2, 0.25) is 0 Å². The molecule has 1 aliphatic heterocycles. The van der Waals surface area contributed by atoms with Gasteiger partial charge in [-0.1, -0.05) is 6.07 Å². The maximum atomic E-state index is 12.7. The standard InChI is InChI=1S/C16H18N2O3.ClH/c1-10-3-4-14-15(5-10)21-11(2)8-18(14)16(19)12-6-13(7-17)20-9-12;/h3-6,9,11H,7-8,17H2,1-2H3;1H. The topological polar surface area (TPSA) is 68.7 Å². The number of hydrogen-bond donors (Lipinski definition) is 1. The summed E-state index contributed by atoms with van der Waals surface area (Å²) in [6.45, 7) is 4.74. The van der Waals surface area contributed by atoms with Gasteiger partial charge in [-0.25, -0.2) is 0 Å². The molecular weight excluding hydrogens is 304 g/mol. The predicted octanol–water partition coefficient (Wildman–Crippen LogP) is 2.90. The van der Waals surface area contributed by atoms with Crippen LogP contribution >= 0.6 is 12.4 Å². The lowest BCUT2D eigenvalue weighted by Crippen LogP contribution is -2.42. The Morgan fingerprint density at radius 3 is 2.86 bits per heavy atom. The molecule has 0 saturated heterocycles. The van der Waals surface area contributed by atoms with Gasteiger partial charge in [0.05, 0.1) is 24.3 Å². The smallest absolute Gasteiger partial charge is 0.261 e. The molecule has 2 N–H and O–H groups in total. The van der Waals surface area contributed by atoms with Crippen molar-refractivity contribution >= 4 is 24.0 Å². The fraction of sp³-hybridized carbons (Fsp3) is 0.312. The third-order valence-corrected chi connectivity index (χ3v) is 3.52. The van der Waals surface area contributed by atoms with E-state index in [-0.39, 0.29) is 31.0 Å². The Labute approximate surface area is 135 Å². The second kappa shape index (κ2) is 6.42. The highest BCUT2D eigenvalue weighted by Gasteiger charge is 2.29. The Morgan fingerprint density at radius 2 is 2.18 bits per heavy atom. The number of furan rings is 1. The van der Waals surface area contributed by atoms with E-state index >= 15 is 0 Å². The minimum absolute atomic E-state index is 0. The monoisotopic (exact) mass is 322 g/mol. The van der Waals surface area contributed by atoms with Crippen LogP contribution in [0.2, 0.25) is 0 Å². The molecule has 1 atom stereocenters. The number of carbonyl (C=O) groups excluding carboxylic acids is 1. The van der Waals surface area contributed by atoms with Crippen molar-refractivity contribution in [3.63, 3.8) is 0 Å². The second-order valence-electron chi connectivity index (χ2n) is 5.32. The number of hydrogen-bond acceptors (Lipinski definition) is 4. The molecule has 118 valence electrons. The van der Waals surface area contributed by atoms with Crippen molar-refractivity contribution in [2.24, 2.45) is 5.73 Å². The summed E-state index contributed by atoms with van der Waals surface area (Å²) in [7, 11) is 0. The number of aryl methyl sites for hydroxylation is 1. The summed E-state index contributed by atoms with van der Waals surface area (Å²) in [5, 5.41) is 0. The Hall–Kier alpha value is -1.98. The molecule has 1 unspecified atom stereocenters. The molecule has 0 radical (unpaired) electrons. The van der Waals surface area contributed by atoms with Crippen molar-refractivity contribution in [1.82, 2.24) is 0 Å². The van der Waals surface area contributed by atoms with Crippen LogP contribution < -0.4 is 15.4 Å². The number of halogens is 1. The van der Waals surface area contributed by atoms with E-state index in [0.717, 1.165) is 17.0 Å². The number of amides is 1. The number of anilines is 1. The van der Waals surface area contributed by atoms with E-state index in [9.17, 15) is 4.79 Å². The number of fused-ring (bicyclic) bond motifs is 1. The summed E-state index contributed by atoms with van der Waals surface area (Å²) in [6.07, 6.45) is 1.41. The van der Waals surface area contributed by atoms with Crippen molar-refractivity contribution in [1.29, 1.82) is 0 Å². The van der Waals surface area contributed by atoms with Crippen LogP contribution in [-0.4, -0.2) is 18.6 Å². The van der Waals surface area contributed by atoms with Gasteiger partial charge in [-0.2, -0.15) is 0 Å². The molecule has 1 amide bonds. The van der Waals surface area contributed by atoms with Crippen LogP contribution in [0.15, 0.2) is 34.9 Å². The number of benzene rings is 1. The fourth-order valence-corrected chi connectivity index (χ4v) is 2.50. The molecule has 0 saturated carbocycles. The summed E-state index contributed by atoms with van der Waals surface area (Å²) in [6, 6.07) is 7.53. The van der Waals surface area contributed by atoms with E-state index in [4.69, 9.17) is 14.9 Å². The highest BCUT2D eigenvalue weighted by Crippen LogP contribution is 2.35. The molecular formula is C16H19ClN2O3. The first kappa shape index (κ1) is 16.4. The molecule has 1 aromatic carbocycles. The van der Waals surface area contributed by atoms with Crippen LogP contribution in [0.5, 0.6) is 5.75 Å². The zero-order valence-corrected chi connectivity index (χ0v) is 13.4. The molecule has 22 heavy (non-hydrogen) atoms. The molecule has 0 fully saturated rings. The normalized spacial score (nSPS) is 16.5. The minimum atomic E-state index is -0.0984. The Morgan fingerprint density at radius 1 is 1.41 bits per heavy atom. The number of ether oxygens (including phenoxy) is 1. The van der Waals surface area contributed by atoms with Gasteiger partial charge in [-0.05, 0) is 37.6 Å². The average molecular weight is 323 g/mol. The number of rotatable bonds is 2. The lowest BCUT2D eigenvalue weighted by molar-refractivity contribution is 0.0960. The second-order valence-corrected chi connectivity index (χ2v) is 5.32. The summed E-state index contributed by atoms with van der Waals surface area (Å²) in [5.74, 6) is 1.24. The van der Waals surface area contributed by atoms with E-state index in [0.29, 0.717) is 17.9 Å². The van der Waals surface area contributed by atoms with Gasteiger partial charge in [-0.15, -0.1) is 12.4 Å². The first-order valence-corrected chi connectivity index (χ1v) is 6.95.